The van der Waals surface area contributed by atoms with Crippen LogP contribution in [0.15, 0.2) is 59.0 Å². The molecule has 0 aliphatic heterocycles. The molecule has 8 heteroatoms. The molecule has 27 heavy (non-hydrogen) atoms. The minimum Gasteiger partial charge on any atom is -0.475 e. The van der Waals surface area contributed by atoms with E-state index in [0.717, 1.165) is 5.52 Å². The predicted octanol–water partition coefficient (Wildman–Crippen LogP) is 4.43. The van der Waals surface area contributed by atoms with Crippen LogP contribution >= 0.6 is 11.6 Å². The van der Waals surface area contributed by atoms with Gasteiger partial charge in [0.1, 0.15) is 5.76 Å². The SMILES string of the molecule is O=C(Nc1n[nH]c2ccc(-c3ccc(C(=O)O)o3)cc12)c1ccc(Cl)cc1. The highest BCUT2D eigenvalue weighted by Gasteiger charge is 2.14. The van der Waals surface area contributed by atoms with E-state index >= 15 is 0 Å². The average molecular weight is 382 g/mol. The van der Waals surface area contributed by atoms with E-state index in [1.54, 1.807) is 48.5 Å². The highest BCUT2D eigenvalue weighted by Crippen LogP contribution is 2.29. The van der Waals surface area contributed by atoms with Crippen molar-refractivity contribution in [3.05, 3.63) is 70.9 Å². The summed E-state index contributed by atoms with van der Waals surface area (Å²) in [5.74, 6) is -0.839. The molecule has 0 spiro atoms. The van der Waals surface area contributed by atoms with Crippen molar-refractivity contribution in [2.75, 3.05) is 5.32 Å². The molecule has 4 aromatic rings. The lowest BCUT2D eigenvalue weighted by Gasteiger charge is -2.03. The Morgan fingerprint density at radius 3 is 2.56 bits per heavy atom. The van der Waals surface area contributed by atoms with Crippen molar-refractivity contribution >= 4 is 40.2 Å². The second-order valence-electron chi connectivity index (χ2n) is 5.76. The van der Waals surface area contributed by atoms with Crippen molar-refractivity contribution in [3.63, 3.8) is 0 Å². The number of nitrogens with zero attached hydrogens (tertiary/aromatic N) is 1. The first-order valence-electron chi connectivity index (χ1n) is 7.90. The van der Waals surface area contributed by atoms with Crippen LogP contribution in [0.5, 0.6) is 0 Å². The average Bonchev–Trinajstić information content (AvgIpc) is 3.29. The molecular weight excluding hydrogens is 370 g/mol. The third kappa shape index (κ3) is 3.28. The van der Waals surface area contributed by atoms with Crippen molar-refractivity contribution in [1.82, 2.24) is 10.2 Å². The molecule has 4 rings (SSSR count). The number of hydrogen-bond donors (Lipinski definition) is 3. The molecule has 0 atom stereocenters. The maximum absolute atomic E-state index is 12.4. The summed E-state index contributed by atoms with van der Waals surface area (Å²) < 4.78 is 5.33. The fourth-order valence-corrected chi connectivity index (χ4v) is 2.78. The fourth-order valence-electron chi connectivity index (χ4n) is 2.65. The van der Waals surface area contributed by atoms with Gasteiger partial charge in [0.25, 0.3) is 5.91 Å². The van der Waals surface area contributed by atoms with Gasteiger partial charge < -0.3 is 14.8 Å². The molecule has 2 aromatic heterocycles. The number of benzene rings is 2. The zero-order chi connectivity index (χ0) is 19.0. The lowest BCUT2D eigenvalue weighted by atomic mass is 10.1. The molecule has 7 nitrogen and oxygen atoms in total. The monoisotopic (exact) mass is 381 g/mol. The van der Waals surface area contributed by atoms with Crippen LogP contribution in [0.3, 0.4) is 0 Å². The van der Waals surface area contributed by atoms with Gasteiger partial charge in [-0.3, -0.25) is 9.89 Å². The van der Waals surface area contributed by atoms with Gasteiger partial charge in [-0.2, -0.15) is 5.10 Å². The number of carbonyl (C=O) groups excluding carboxylic acids is 1. The largest absolute Gasteiger partial charge is 0.475 e. The van der Waals surface area contributed by atoms with Crippen LogP contribution in [0.1, 0.15) is 20.9 Å². The highest BCUT2D eigenvalue weighted by atomic mass is 35.5. The molecule has 0 unspecified atom stereocenters. The number of carboxylic acid groups (broad SMARTS) is 1. The Balaban J connectivity index is 1.66. The predicted molar refractivity (Wildman–Crippen MR) is 100 cm³/mol. The van der Waals surface area contributed by atoms with E-state index in [0.29, 0.717) is 33.1 Å². The van der Waals surface area contributed by atoms with E-state index in [1.807, 2.05) is 0 Å². The van der Waals surface area contributed by atoms with Gasteiger partial charge in [0.15, 0.2) is 5.82 Å². The highest BCUT2D eigenvalue weighted by molar-refractivity contribution is 6.30. The third-order valence-corrected chi connectivity index (χ3v) is 4.25. The zero-order valence-electron chi connectivity index (χ0n) is 13.7. The normalized spacial score (nSPS) is 10.9. The van der Waals surface area contributed by atoms with E-state index in [9.17, 15) is 9.59 Å². The van der Waals surface area contributed by atoms with Gasteiger partial charge in [0.2, 0.25) is 5.76 Å². The van der Waals surface area contributed by atoms with E-state index < -0.39 is 5.97 Å². The summed E-state index contributed by atoms with van der Waals surface area (Å²) in [5, 5.41) is 19.9. The van der Waals surface area contributed by atoms with Crippen LogP contribution < -0.4 is 5.32 Å². The molecular formula is C19H12ClN3O4. The van der Waals surface area contributed by atoms with Gasteiger partial charge >= 0.3 is 5.97 Å². The molecule has 2 heterocycles. The van der Waals surface area contributed by atoms with Gasteiger partial charge in [-0.15, -0.1) is 0 Å². The number of carbonyl (C=O) groups is 2. The summed E-state index contributed by atoms with van der Waals surface area (Å²) in [4.78, 5) is 23.4. The molecule has 0 aliphatic rings. The Labute approximate surface area is 157 Å². The van der Waals surface area contributed by atoms with E-state index in [4.69, 9.17) is 21.1 Å². The Bertz CT molecular complexity index is 1160. The number of aromatic nitrogens is 2. The van der Waals surface area contributed by atoms with Crippen LogP contribution in [-0.4, -0.2) is 27.2 Å². The number of aromatic carboxylic acids is 1. The van der Waals surface area contributed by atoms with Crippen molar-refractivity contribution in [3.8, 4) is 11.3 Å². The number of aromatic amines is 1. The molecule has 0 fully saturated rings. The molecule has 0 aliphatic carbocycles. The van der Waals surface area contributed by atoms with Crippen molar-refractivity contribution in [1.29, 1.82) is 0 Å². The first-order chi connectivity index (χ1) is 13.0. The number of carboxylic acids is 1. The molecule has 0 radical (unpaired) electrons. The second kappa shape index (κ2) is 6.62. The van der Waals surface area contributed by atoms with E-state index in [2.05, 4.69) is 15.5 Å². The number of halogens is 1. The zero-order valence-corrected chi connectivity index (χ0v) is 14.4. The van der Waals surface area contributed by atoms with Crippen LogP contribution in [0.25, 0.3) is 22.2 Å². The number of fused-ring (bicyclic) bond motifs is 1. The Morgan fingerprint density at radius 1 is 1.07 bits per heavy atom. The quantitative estimate of drug-likeness (QED) is 0.484. The third-order valence-electron chi connectivity index (χ3n) is 4.00. The van der Waals surface area contributed by atoms with Gasteiger partial charge in [-0.05, 0) is 54.6 Å². The van der Waals surface area contributed by atoms with Crippen molar-refractivity contribution in [2.24, 2.45) is 0 Å². The maximum Gasteiger partial charge on any atom is 0.371 e. The number of amides is 1. The topological polar surface area (TPSA) is 108 Å². The molecule has 0 saturated heterocycles. The fraction of sp³-hybridized carbons (Fsp3) is 0. The Kier molecular flexibility index (Phi) is 4.13. The summed E-state index contributed by atoms with van der Waals surface area (Å²) in [6.07, 6.45) is 0. The van der Waals surface area contributed by atoms with Gasteiger partial charge in [0, 0.05) is 21.5 Å². The first kappa shape index (κ1) is 16.9. The second-order valence-corrected chi connectivity index (χ2v) is 6.20. The number of hydrogen-bond acceptors (Lipinski definition) is 4. The summed E-state index contributed by atoms with van der Waals surface area (Å²) in [5.41, 5.74) is 1.83. The van der Waals surface area contributed by atoms with E-state index in [-0.39, 0.29) is 11.7 Å². The van der Waals surface area contributed by atoms with Crippen molar-refractivity contribution < 1.29 is 19.1 Å². The van der Waals surface area contributed by atoms with Gasteiger partial charge in [0.05, 0.1) is 5.52 Å². The number of rotatable bonds is 4. The number of nitrogens with one attached hydrogen (secondary N) is 2. The summed E-state index contributed by atoms with van der Waals surface area (Å²) in [6, 6.07) is 14.8. The number of furan rings is 1. The minimum atomic E-state index is -1.14. The molecule has 134 valence electrons. The maximum atomic E-state index is 12.4. The minimum absolute atomic E-state index is 0.145. The van der Waals surface area contributed by atoms with Crippen LogP contribution in [0.2, 0.25) is 5.02 Å². The molecule has 3 N–H and O–H groups in total. The lowest BCUT2D eigenvalue weighted by Crippen LogP contribution is -2.12. The Morgan fingerprint density at radius 2 is 1.85 bits per heavy atom. The van der Waals surface area contributed by atoms with Gasteiger partial charge in [-0.1, -0.05) is 11.6 Å². The molecule has 0 saturated carbocycles. The molecule has 0 bridgehead atoms. The Hall–Kier alpha value is -3.58. The number of anilines is 1. The first-order valence-corrected chi connectivity index (χ1v) is 8.27. The standard InChI is InChI=1S/C19H12ClN3O4/c20-12-4-1-10(2-5-12)18(24)21-17-13-9-11(3-6-14(13)22-23-17)15-7-8-16(27-15)19(25)26/h1-9H,(H,25,26)(H2,21,22,23,24). The van der Waals surface area contributed by atoms with Gasteiger partial charge in [-0.25, -0.2) is 4.79 Å². The lowest BCUT2D eigenvalue weighted by molar-refractivity contribution is 0.0663. The van der Waals surface area contributed by atoms with E-state index in [1.165, 1.54) is 6.07 Å². The summed E-state index contributed by atoms with van der Waals surface area (Å²) in [6.45, 7) is 0. The van der Waals surface area contributed by atoms with Crippen LogP contribution in [0.4, 0.5) is 5.82 Å². The van der Waals surface area contributed by atoms with Crippen molar-refractivity contribution in [2.45, 2.75) is 0 Å². The number of H-pyrrole nitrogens is 1. The smallest absolute Gasteiger partial charge is 0.371 e. The van der Waals surface area contributed by atoms with Crippen LogP contribution in [-0.2, 0) is 0 Å². The summed E-state index contributed by atoms with van der Waals surface area (Å²) in [7, 11) is 0. The van der Waals surface area contributed by atoms with Crippen LogP contribution in [0, 0.1) is 0 Å². The molecule has 1 amide bonds. The summed E-state index contributed by atoms with van der Waals surface area (Å²) >= 11 is 5.84. The molecule has 2 aromatic carbocycles.